The van der Waals surface area contributed by atoms with Crippen LogP contribution in [0.4, 0.5) is 17.6 Å². The molecule has 2 fully saturated rings. The molecule has 3 rings (SSSR count). The predicted molar refractivity (Wildman–Crippen MR) is 66.4 cm³/mol. The topological polar surface area (TPSA) is 26.3 Å². The molecule has 2 aliphatic heterocycles. The summed E-state index contributed by atoms with van der Waals surface area (Å²) >= 11 is 0. The zero-order valence-electron chi connectivity index (χ0n) is 11.1. The average Bonchev–Trinajstić information content (AvgIpc) is 2.75. The Morgan fingerprint density at radius 3 is 2.33 bits per heavy atom. The molecule has 0 N–H and O–H groups in total. The third-order valence-electron chi connectivity index (χ3n) is 4.22. The quantitative estimate of drug-likeness (QED) is 0.610. The molecular weight excluding hydrogens is 288 g/mol. The van der Waals surface area contributed by atoms with E-state index in [0.29, 0.717) is 12.8 Å². The van der Waals surface area contributed by atoms with Gasteiger partial charge in [0, 0.05) is 11.5 Å². The fourth-order valence-corrected chi connectivity index (χ4v) is 3.31. The minimum atomic E-state index is -4.87. The molecule has 2 saturated heterocycles. The Bertz CT molecular complexity index is 555. The van der Waals surface area contributed by atoms with Gasteiger partial charge in [-0.15, -0.1) is 0 Å². The number of hydrogen-bond acceptors (Lipinski definition) is 2. The molecule has 2 unspecified atom stereocenters. The number of benzene rings is 1. The second-order valence-electron chi connectivity index (χ2n) is 5.65. The summed E-state index contributed by atoms with van der Waals surface area (Å²) in [5.74, 6) is -2.54. The van der Waals surface area contributed by atoms with Gasteiger partial charge in [0.25, 0.3) is 0 Å². The Morgan fingerprint density at radius 2 is 1.76 bits per heavy atom. The van der Waals surface area contributed by atoms with Gasteiger partial charge in [0.05, 0.1) is 12.2 Å². The molecule has 6 heteroatoms. The van der Waals surface area contributed by atoms with Crippen LogP contribution < -0.4 is 0 Å². The van der Waals surface area contributed by atoms with Crippen molar-refractivity contribution >= 4 is 5.78 Å². The highest BCUT2D eigenvalue weighted by Crippen LogP contribution is 2.40. The van der Waals surface area contributed by atoms with Gasteiger partial charge in [0.15, 0.2) is 5.78 Å². The first-order valence-electron chi connectivity index (χ1n) is 6.91. The highest BCUT2D eigenvalue weighted by atomic mass is 19.4. The van der Waals surface area contributed by atoms with E-state index in [0.717, 1.165) is 31.0 Å². The molecule has 2 bridgehead atoms. The molecule has 2 atom stereocenters. The Hall–Kier alpha value is -1.43. The van der Waals surface area contributed by atoms with Crippen molar-refractivity contribution in [2.24, 2.45) is 5.92 Å². The Balaban J connectivity index is 1.93. The number of rotatable bonds is 2. The molecule has 1 aromatic carbocycles. The number of alkyl halides is 3. The lowest BCUT2D eigenvalue weighted by molar-refractivity contribution is -0.140. The lowest BCUT2D eigenvalue weighted by Crippen LogP contribution is -2.31. The van der Waals surface area contributed by atoms with Gasteiger partial charge in [0.2, 0.25) is 0 Å². The van der Waals surface area contributed by atoms with Crippen molar-refractivity contribution < 1.29 is 27.1 Å². The van der Waals surface area contributed by atoms with Crippen LogP contribution in [0.3, 0.4) is 0 Å². The second kappa shape index (κ2) is 5.09. The van der Waals surface area contributed by atoms with Gasteiger partial charge in [0.1, 0.15) is 11.4 Å². The molecule has 114 valence electrons. The van der Waals surface area contributed by atoms with Crippen LogP contribution in [0.5, 0.6) is 0 Å². The number of ether oxygens (including phenoxy) is 1. The fourth-order valence-electron chi connectivity index (χ4n) is 3.31. The first-order chi connectivity index (χ1) is 9.86. The summed E-state index contributed by atoms with van der Waals surface area (Å²) in [6.07, 6.45) is -2.47. The number of carbonyl (C=O) groups is 1. The molecule has 2 nitrogen and oxygen atoms in total. The molecule has 0 amide bonds. The number of hydrogen-bond donors (Lipinski definition) is 0. The highest BCUT2D eigenvalue weighted by Gasteiger charge is 2.42. The predicted octanol–water partition coefficient (Wildman–Crippen LogP) is 3.98. The first-order valence-corrected chi connectivity index (χ1v) is 6.91. The van der Waals surface area contributed by atoms with Crippen LogP contribution in [0.2, 0.25) is 0 Å². The van der Waals surface area contributed by atoms with Gasteiger partial charge in [-0.2, -0.15) is 13.2 Å². The lowest BCUT2D eigenvalue weighted by Gasteiger charge is -2.28. The number of fused-ring (bicyclic) bond motifs is 2. The van der Waals surface area contributed by atoms with Crippen molar-refractivity contribution in [2.45, 2.75) is 44.1 Å². The molecule has 21 heavy (non-hydrogen) atoms. The molecule has 0 aliphatic carbocycles. The zero-order chi connectivity index (χ0) is 15.2. The average molecular weight is 302 g/mol. The van der Waals surface area contributed by atoms with Gasteiger partial charge < -0.3 is 4.74 Å². The minimum absolute atomic E-state index is 0.0550. The Kier molecular flexibility index (Phi) is 3.51. The van der Waals surface area contributed by atoms with Crippen molar-refractivity contribution in [3.63, 3.8) is 0 Å². The maximum atomic E-state index is 13.5. The second-order valence-corrected chi connectivity index (χ2v) is 5.65. The Morgan fingerprint density at radius 1 is 1.14 bits per heavy atom. The fraction of sp³-hybridized carbons (Fsp3) is 0.533. The number of halogens is 4. The number of ketones is 1. The van der Waals surface area contributed by atoms with E-state index in [1.165, 1.54) is 0 Å². The zero-order valence-corrected chi connectivity index (χ0v) is 11.1. The van der Waals surface area contributed by atoms with Crippen molar-refractivity contribution in [3.05, 3.63) is 35.1 Å². The summed E-state index contributed by atoms with van der Waals surface area (Å²) in [6, 6.07) is 2.94. The van der Waals surface area contributed by atoms with E-state index in [1.807, 2.05) is 0 Å². The maximum Gasteiger partial charge on any atom is 0.419 e. The summed E-state index contributed by atoms with van der Waals surface area (Å²) in [5.41, 5.74) is -2.01. The van der Waals surface area contributed by atoms with Gasteiger partial charge in [-0.25, -0.2) is 4.39 Å². The van der Waals surface area contributed by atoms with Crippen LogP contribution in [0.25, 0.3) is 0 Å². The molecule has 2 heterocycles. The van der Waals surface area contributed by atoms with E-state index >= 15 is 0 Å². The van der Waals surface area contributed by atoms with Crippen molar-refractivity contribution in [3.8, 4) is 0 Å². The largest absolute Gasteiger partial charge is 0.419 e. The summed E-state index contributed by atoms with van der Waals surface area (Å²) in [5, 5.41) is 0. The molecule has 1 aromatic rings. The normalized spacial score (nSPS) is 28.7. The molecule has 0 aromatic heterocycles. The third kappa shape index (κ3) is 2.69. The summed E-state index contributed by atoms with van der Waals surface area (Å²) in [6.45, 7) is 0. The maximum absolute atomic E-state index is 13.5. The van der Waals surface area contributed by atoms with Crippen LogP contribution in [-0.2, 0) is 10.9 Å². The number of carbonyl (C=O) groups excluding carboxylic acids is 1. The van der Waals surface area contributed by atoms with Crippen molar-refractivity contribution in [1.82, 2.24) is 0 Å². The lowest BCUT2D eigenvalue weighted by atomic mass is 9.86. The molecule has 0 radical (unpaired) electrons. The van der Waals surface area contributed by atoms with Crippen LogP contribution >= 0.6 is 0 Å². The molecule has 0 spiro atoms. The van der Waals surface area contributed by atoms with E-state index in [4.69, 9.17) is 4.74 Å². The van der Waals surface area contributed by atoms with Crippen molar-refractivity contribution in [2.75, 3.05) is 0 Å². The first kappa shape index (κ1) is 14.5. The van der Waals surface area contributed by atoms with E-state index in [-0.39, 0.29) is 12.2 Å². The van der Waals surface area contributed by atoms with Gasteiger partial charge in [-0.3, -0.25) is 4.79 Å². The summed E-state index contributed by atoms with van der Waals surface area (Å²) in [4.78, 5) is 12.4. The number of Topliss-reactive ketones (excluding diaryl/α,β-unsaturated/α-hetero) is 1. The minimum Gasteiger partial charge on any atom is -0.375 e. The van der Waals surface area contributed by atoms with Gasteiger partial charge in [-0.1, -0.05) is 12.1 Å². The summed E-state index contributed by atoms with van der Waals surface area (Å²) < 4.78 is 58.1. The van der Waals surface area contributed by atoms with Crippen LogP contribution in [0.15, 0.2) is 18.2 Å². The van der Waals surface area contributed by atoms with Gasteiger partial charge >= 0.3 is 6.18 Å². The van der Waals surface area contributed by atoms with Crippen molar-refractivity contribution in [1.29, 1.82) is 0 Å². The van der Waals surface area contributed by atoms with E-state index < -0.39 is 34.8 Å². The van der Waals surface area contributed by atoms with E-state index in [1.54, 1.807) is 0 Å². The summed E-state index contributed by atoms with van der Waals surface area (Å²) in [7, 11) is 0. The molecule has 0 saturated carbocycles. The highest BCUT2D eigenvalue weighted by molar-refractivity contribution is 5.99. The van der Waals surface area contributed by atoms with Crippen LogP contribution in [0, 0.1) is 11.7 Å². The van der Waals surface area contributed by atoms with Crippen LogP contribution in [-0.4, -0.2) is 18.0 Å². The van der Waals surface area contributed by atoms with E-state index in [2.05, 4.69) is 0 Å². The SMILES string of the molecule is O=C(c1cccc(F)c1C(F)(F)F)C1CC2CCC(C1)O2. The van der Waals surface area contributed by atoms with Crippen LogP contribution in [0.1, 0.15) is 41.6 Å². The molecule has 2 aliphatic rings. The van der Waals surface area contributed by atoms with Gasteiger partial charge in [-0.05, 0) is 31.7 Å². The monoisotopic (exact) mass is 302 g/mol. The standard InChI is InChI=1S/C15H14F4O2/c16-12-3-1-2-11(13(12)15(17,18)19)14(20)8-6-9-4-5-10(7-8)21-9/h1-3,8-10H,4-7H2. The molecular formula is C15H14F4O2. The third-order valence-corrected chi connectivity index (χ3v) is 4.22. The Labute approximate surface area is 119 Å². The smallest absolute Gasteiger partial charge is 0.375 e. The van der Waals surface area contributed by atoms with E-state index in [9.17, 15) is 22.4 Å².